The molecule has 0 radical (unpaired) electrons. The number of rotatable bonds is 5. The van der Waals surface area contributed by atoms with Gasteiger partial charge in [-0.3, -0.25) is 4.79 Å². The van der Waals surface area contributed by atoms with Crippen molar-refractivity contribution < 1.29 is 4.79 Å². The van der Waals surface area contributed by atoms with Gasteiger partial charge in [0.1, 0.15) is 0 Å². The Morgan fingerprint density at radius 2 is 1.95 bits per heavy atom. The topological polar surface area (TPSA) is 32.3 Å². The van der Waals surface area contributed by atoms with Crippen molar-refractivity contribution in [3.63, 3.8) is 0 Å². The molecule has 2 fully saturated rings. The third-order valence-electron chi connectivity index (χ3n) is 5.32. The summed E-state index contributed by atoms with van der Waals surface area (Å²) in [6.07, 6.45) is 10.0. The van der Waals surface area contributed by atoms with Crippen LogP contribution in [0.25, 0.3) is 0 Å². The van der Waals surface area contributed by atoms with Crippen LogP contribution in [0, 0.1) is 17.8 Å². The molecule has 1 heterocycles. The molecule has 1 aliphatic heterocycles. The molecule has 3 heteroatoms. The molecule has 0 aromatic heterocycles. The first-order chi connectivity index (χ1) is 9.70. The van der Waals surface area contributed by atoms with Crippen LogP contribution >= 0.6 is 0 Å². The van der Waals surface area contributed by atoms with Gasteiger partial charge >= 0.3 is 0 Å². The summed E-state index contributed by atoms with van der Waals surface area (Å²) in [7, 11) is 2.01. The minimum atomic E-state index is 0.406. The number of amides is 1. The molecular weight excluding hydrogens is 248 g/mol. The average Bonchev–Trinajstić information content (AvgIpc) is 2.48. The predicted octanol–water partition coefficient (Wildman–Crippen LogP) is 3.05. The van der Waals surface area contributed by atoms with Crippen molar-refractivity contribution in [2.24, 2.45) is 17.8 Å². The van der Waals surface area contributed by atoms with Crippen molar-refractivity contribution >= 4 is 5.91 Å². The second kappa shape index (κ2) is 8.02. The lowest BCUT2D eigenvalue weighted by Crippen LogP contribution is -2.43. The highest BCUT2D eigenvalue weighted by Gasteiger charge is 2.27. The predicted molar refractivity (Wildman–Crippen MR) is 83.6 cm³/mol. The molecular formula is C17H32N2O. The highest BCUT2D eigenvalue weighted by atomic mass is 16.2. The third-order valence-corrected chi connectivity index (χ3v) is 5.32. The molecule has 1 saturated heterocycles. The number of hydrogen-bond donors (Lipinski definition) is 1. The van der Waals surface area contributed by atoms with Crippen LogP contribution in [0.1, 0.15) is 58.3 Å². The molecule has 0 spiro atoms. The summed E-state index contributed by atoms with van der Waals surface area (Å²) in [5, 5.41) is 3.25. The third kappa shape index (κ3) is 4.47. The van der Waals surface area contributed by atoms with Gasteiger partial charge in [-0.1, -0.05) is 39.0 Å². The monoisotopic (exact) mass is 280 g/mol. The lowest BCUT2D eigenvalue weighted by atomic mass is 9.79. The summed E-state index contributed by atoms with van der Waals surface area (Å²) in [4.78, 5) is 14.6. The normalized spacial score (nSPS) is 26.5. The number of hydrogen-bond acceptors (Lipinski definition) is 2. The fourth-order valence-corrected chi connectivity index (χ4v) is 4.02. The van der Waals surface area contributed by atoms with Gasteiger partial charge in [0.25, 0.3) is 0 Å². The Morgan fingerprint density at radius 1 is 1.20 bits per heavy atom. The molecule has 2 unspecified atom stereocenters. The van der Waals surface area contributed by atoms with E-state index in [1.165, 1.54) is 44.9 Å². The minimum Gasteiger partial charge on any atom is -0.342 e. The van der Waals surface area contributed by atoms with Crippen LogP contribution in [0.15, 0.2) is 0 Å². The number of likely N-dealkylation sites (tertiary alicyclic amines) is 1. The number of nitrogens with one attached hydrogen (secondary N) is 1. The molecule has 1 aliphatic carbocycles. The second-order valence-electron chi connectivity index (χ2n) is 6.99. The highest BCUT2D eigenvalue weighted by molar-refractivity contribution is 5.76. The maximum absolute atomic E-state index is 12.5. The fraction of sp³-hybridized carbons (Fsp3) is 0.941. The lowest BCUT2D eigenvalue weighted by molar-refractivity contribution is -0.134. The molecule has 116 valence electrons. The molecule has 2 rings (SSSR count). The Kier molecular flexibility index (Phi) is 6.34. The molecule has 20 heavy (non-hydrogen) atoms. The Labute approximate surface area is 124 Å². The van der Waals surface area contributed by atoms with Crippen LogP contribution < -0.4 is 5.32 Å². The first-order valence-electron chi connectivity index (χ1n) is 8.63. The average molecular weight is 280 g/mol. The highest BCUT2D eigenvalue weighted by Crippen LogP contribution is 2.32. The smallest absolute Gasteiger partial charge is 0.222 e. The van der Waals surface area contributed by atoms with Gasteiger partial charge in [0.2, 0.25) is 5.91 Å². The molecule has 1 amide bonds. The summed E-state index contributed by atoms with van der Waals surface area (Å²) >= 11 is 0. The largest absolute Gasteiger partial charge is 0.342 e. The van der Waals surface area contributed by atoms with Crippen LogP contribution in [0.3, 0.4) is 0 Å². The van der Waals surface area contributed by atoms with Gasteiger partial charge in [0, 0.05) is 19.5 Å². The van der Waals surface area contributed by atoms with Crippen LogP contribution in [0.4, 0.5) is 0 Å². The van der Waals surface area contributed by atoms with Crippen LogP contribution in [-0.2, 0) is 4.79 Å². The molecule has 0 aromatic carbocycles. The van der Waals surface area contributed by atoms with Gasteiger partial charge in [-0.25, -0.2) is 0 Å². The molecule has 0 aromatic rings. The number of carbonyl (C=O) groups excluding carboxylic acids is 1. The van der Waals surface area contributed by atoms with E-state index in [0.717, 1.165) is 32.0 Å². The zero-order valence-electron chi connectivity index (χ0n) is 13.4. The lowest BCUT2D eigenvalue weighted by Gasteiger charge is -2.34. The summed E-state index contributed by atoms with van der Waals surface area (Å²) < 4.78 is 0. The van der Waals surface area contributed by atoms with Crippen molar-refractivity contribution in [1.82, 2.24) is 10.2 Å². The van der Waals surface area contributed by atoms with E-state index in [2.05, 4.69) is 17.1 Å². The Balaban J connectivity index is 1.78. The van der Waals surface area contributed by atoms with E-state index < -0.39 is 0 Å². The van der Waals surface area contributed by atoms with Crippen molar-refractivity contribution in [2.75, 3.05) is 26.7 Å². The second-order valence-corrected chi connectivity index (χ2v) is 6.99. The van der Waals surface area contributed by atoms with Crippen molar-refractivity contribution in [3.8, 4) is 0 Å². The van der Waals surface area contributed by atoms with E-state index in [4.69, 9.17) is 0 Å². The van der Waals surface area contributed by atoms with Gasteiger partial charge in [-0.2, -0.15) is 0 Å². The first kappa shape index (κ1) is 15.8. The van der Waals surface area contributed by atoms with Crippen molar-refractivity contribution in [3.05, 3.63) is 0 Å². The maximum Gasteiger partial charge on any atom is 0.222 e. The van der Waals surface area contributed by atoms with Gasteiger partial charge in [-0.05, 0) is 44.2 Å². The molecule has 0 bridgehead atoms. The molecule has 3 nitrogen and oxygen atoms in total. The maximum atomic E-state index is 12.5. The summed E-state index contributed by atoms with van der Waals surface area (Å²) in [5.41, 5.74) is 0. The fourth-order valence-electron chi connectivity index (χ4n) is 4.02. The van der Waals surface area contributed by atoms with Crippen molar-refractivity contribution in [1.29, 1.82) is 0 Å². The van der Waals surface area contributed by atoms with E-state index in [-0.39, 0.29) is 0 Å². The summed E-state index contributed by atoms with van der Waals surface area (Å²) in [5.74, 6) is 2.43. The SMILES string of the molecule is CNCC1CCCN(C(=O)CC(C)C2CCCCC2)C1. The Hall–Kier alpha value is -0.570. The van der Waals surface area contributed by atoms with E-state index in [0.29, 0.717) is 17.7 Å². The Morgan fingerprint density at radius 3 is 2.65 bits per heavy atom. The van der Waals surface area contributed by atoms with Gasteiger partial charge in [-0.15, -0.1) is 0 Å². The van der Waals surface area contributed by atoms with Gasteiger partial charge in [0.05, 0.1) is 0 Å². The summed E-state index contributed by atoms with van der Waals surface area (Å²) in [6.45, 7) is 5.29. The quantitative estimate of drug-likeness (QED) is 0.839. The van der Waals surface area contributed by atoms with Crippen LogP contribution in [0.2, 0.25) is 0 Å². The molecule has 1 N–H and O–H groups in total. The number of piperidine rings is 1. The van der Waals surface area contributed by atoms with Gasteiger partial charge in [0.15, 0.2) is 0 Å². The molecule has 2 aliphatic rings. The standard InChI is InChI=1S/C17H32N2O/c1-14(16-8-4-3-5-9-16)11-17(20)19-10-6-7-15(13-19)12-18-2/h14-16,18H,3-13H2,1-2H3. The summed E-state index contributed by atoms with van der Waals surface area (Å²) in [6, 6.07) is 0. The van der Waals surface area contributed by atoms with E-state index in [9.17, 15) is 4.79 Å². The van der Waals surface area contributed by atoms with E-state index in [1.807, 2.05) is 7.05 Å². The van der Waals surface area contributed by atoms with Gasteiger partial charge < -0.3 is 10.2 Å². The number of nitrogens with zero attached hydrogens (tertiary/aromatic N) is 1. The first-order valence-corrected chi connectivity index (χ1v) is 8.63. The van der Waals surface area contributed by atoms with Crippen molar-refractivity contribution in [2.45, 2.75) is 58.3 Å². The van der Waals surface area contributed by atoms with Crippen LogP contribution in [-0.4, -0.2) is 37.5 Å². The zero-order valence-corrected chi connectivity index (χ0v) is 13.4. The number of carbonyl (C=O) groups is 1. The molecule has 2 atom stereocenters. The van der Waals surface area contributed by atoms with E-state index in [1.54, 1.807) is 0 Å². The zero-order chi connectivity index (χ0) is 14.4. The van der Waals surface area contributed by atoms with E-state index >= 15 is 0 Å². The Bertz CT molecular complexity index is 297. The molecule has 1 saturated carbocycles. The minimum absolute atomic E-state index is 0.406. The van der Waals surface area contributed by atoms with Crippen LogP contribution in [0.5, 0.6) is 0 Å².